The Hall–Kier alpha value is -2.93. The Kier molecular flexibility index (Phi) is 7.41. The Morgan fingerprint density at radius 2 is 1.67 bits per heavy atom. The Morgan fingerprint density at radius 3 is 2.23 bits per heavy atom. The summed E-state index contributed by atoms with van der Waals surface area (Å²) in [5.74, 6) is 1.76. The molecule has 0 aliphatic carbocycles. The normalized spacial score (nSPS) is 14.3. The number of amides is 1. The molecular weight excluding hydrogens is 382 g/mol. The van der Waals surface area contributed by atoms with Crippen LogP contribution in [0.3, 0.4) is 0 Å². The molecule has 1 amide bonds. The molecule has 30 heavy (non-hydrogen) atoms. The van der Waals surface area contributed by atoms with Crippen molar-refractivity contribution in [1.82, 2.24) is 5.32 Å². The first kappa shape index (κ1) is 21.8. The minimum atomic E-state index is 0.0445. The number of hydrogen-bond donors (Lipinski definition) is 2. The third-order valence-electron chi connectivity index (χ3n) is 5.55. The molecule has 0 radical (unpaired) electrons. The van der Waals surface area contributed by atoms with Crippen molar-refractivity contribution in [2.75, 3.05) is 59.0 Å². The number of nitrogens with zero attached hydrogens (tertiary/aromatic N) is 1. The van der Waals surface area contributed by atoms with Gasteiger partial charge in [-0.1, -0.05) is 18.2 Å². The summed E-state index contributed by atoms with van der Waals surface area (Å²) in [7, 11) is 4.74. The zero-order chi connectivity index (χ0) is 21.5. The predicted octanol–water partition coefficient (Wildman–Crippen LogP) is 1.04. The van der Waals surface area contributed by atoms with Gasteiger partial charge in [-0.2, -0.15) is 0 Å². The molecule has 7 heteroatoms. The van der Waals surface area contributed by atoms with Crippen LogP contribution in [-0.2, 0) is 11.3 Å². The fraction of sp³-hybridized carbons (Fsp3) is 0.435. The first-order valence-electron chi connectivity index (χ1n) is 10.3. The van der Waals surface area contributed by atoms with Crippen LogP contribution in [0.4, 0.5) is 5.69 Å². The second-order valence-corrected chi connectivity index (χ2v) is 7.51. The summed E-state index contributed by atoms with van der Waals surface area (Å²) in [5, 5.41) is 3.01. The Labute approximate surface area is 178 Å². The van der Waals surface area contributed by atoms with Crippen LogP contribution >= 0.6 is 0 Å². The summed E-state index contributed by atoms with van der Waals surface area (Å²) in [4.78, 5) is 16.2. The van der Waals surface area contributed by atoms with E-state index in [2.05, 4.69) is 41.4 Å². The van der Waals surface area contributed by atoms with Crippen LogP contribution < -0.4 is 29.3 Å². The minimum Gasteiger partial charge on any atom is -0.493 e. The van der Waals surface area contributed by atoms with Gasteiger partial charge in [0.1, 0.15) is 0 Å². The number of hydrogen-bond acceptors (Lipinski definition) is 5. The molecule has 2 aromatic carbocycles. The highest BCUT2D eigenvalue weighted by atomic mass is 16.5. The molecule has 3 rings (SSSR count). The lowest BCUT2D eigenvalue weighted by Crippen LogP contribution is -3.15. The molecule has 1 aliphatic rings. The lowest BCUT2D eigenvalue weighted by molar-refractivity contribution is -0.892. The molecule has 1 aliphatic heterocycles. The number of para-hydroxylation sites is 1. The van der Waals surface area contributed by atoms with Crippen LogP contribution in [-0.4, -0.2) is 60.0 Å². The van der Waals surface area contributed by atoms with E-state index in [1.54, 1.807) is 21.3 Å². The molecule has 2 aromatic rings. The van der Waals surface area contributed by atoms with Gasteiger partial charge in [0.25, 0.3) is 5.91 Å². The van der Waals surface area contributed by atoms with Crippen molar-refractivity contribution in [3.63, 3.8) is 0 Å². The molecule has 0 bridgehead atoms. The quantitative estimate of drug-likeness (QED) is 0.676. The van der Waals surface area contributed by atoms with Crippen LogP contribution in [0.15, 0.2) is 36.4 Å². The molecule has 7 nitrogen and oxygen atoms in total. The lowest BCUT2D eigenvalue weighted by atomic mass is 10.1. The Balaban J connectivity index is 1.50. The van der Waals surface area contributed by atoms with Gasteiger partial charge in [0.15, 0.2) is 18.0 Å². The number of methoxy groups -OCH3 is 3. The van der Waals surface area contributed by atoms with Gasteiger partial charge in [-0.15, -0.1) is 0 Å². The third-order valence-corrected chi connectivity index (χ3v) is 5.55. The fourth-order valence-corrected chi connectivity index (χ4v) is 3.89. The van der Waals surface area contributed by atoms with E-state index in [0.717, 1.165) is 31.7 Å². The molecule has 1 saturated heterocycles. The number of ether oxygens (including phenoxy) is 3. The van der Waals surface area contributed by atoms with E-state index in [1.165, 1.54) is 16.2 Å². The number of carbonyl (C=O) groups excluding carboxylic acids is 1. The highest BCUT2D eigenvalue weighted by Gasteiger charge is 2.23. The van der Waals surface area contributed by atoms with E-state index in [4.69, 9.17) is 14.2 Å². The average Bonchev–Trinajstić information content (AvgIpc) is 2.77. The van der Waals surface area contributed by atoms with Crippen molar-refractivity contribution in [3.8, 4) is 17.2 Å². The topological polar surface area (TPSA) is 64.5 Å². The number of rotatable bonds is 8. The summed E-state index contributed by atoms with van der Waals surface area (Å²) < 4.78 is 16.1. The van der Waals surface area contributed by atoms with Gasteiger partial charge >= 0.3 is 0 Å². The molecule has 0 aromatic heterocycles. The van der Waals surface area contributed by atoms with Crippen molar-refractivity contribution in [2.45, 2.75) is 13.5 Å². The lowest BCUT2D eigenvalue weighted by Gasteiger charge is -2.34. The molecule has 0 atom stereocenters. The maximum Gasteiger partial charge on any atom is 0.275 e. The largest absolute Gasteiger partial charge is 0.493 e. The summed E-state index contributed by atoms with van der Waals surface area (Å²) >= 11 is 0. The number of carbonyl (C=O) groups is 1. The highest BCUT2D eigenvalue weighted by Crippen LogP contribution is 2.38. The van der Waals surface area contributed by atoms with Crippen molar-refractivity contribution >= 4 is 11.6 Å². The van der Waals surface area contributed by atoms with Crippen LogP contribution in [0, 0.1) is 6.92 Å². The number of benzene rings is 2. The van der Waals surface area contributed by atoms with E-state index in [-0.39, 0.29) is 5.91 Å². The first-order chi connectivity index (χ1) is 14.5. The SMILES string of the molecule is COc1cc(CNC(=O)C[NH+]2CCN(c3ccccc3C)CC2)cc(OC)c1OC. The predicted molar refractivity (Wildman–Crippen MR) is 117 cm³/mol. The number of piperazine rings is 1. The van der Waals surface area contributed by atoms with Crippen LogP contribution in [0.5, 0.6) is 17.2 Å². The van der Waals surface area contributed by atoms with Crippen molar-refractivity contribution in [3.05, 3.63) is 47.5 Å². The summed E-state index contributed by atoms with van der Waals surface area (Å²) in [6.45, 7) is 6.86. The van der Waals surface area contributed by atoms with Crippen molar-refractivity contribution < 1.29 is 23.9 Å². The van der Waals surface area contributed by atoms with E-state index >= 15 is 0 Å². The minimum absolute atomic E-state index is 0.0445. The number of aryl methyl sites for hydroxylation is 1. The fourth-order valence-electron chi connectivity index (χ4n) is 3.89. The smallest absolute Gasteiger partial charge is 0.275 e. The Morgan fingerprint density at radius 1 is 1.03 bits per heavy atom. The van der Waals surface area contributed by atoms with E-state index in [1.807, 2.05) is 12.1 Å². The summed E-state index contributed by atoms with van der Waals surface area (Å²) in [6.07, 6.45) is 0. The van der Waals surface area contributed by atoms with Crippen LogP contribution in [0.2, 0.25) is 0 Å². The van der Waals surface area contributed by atoms with Crippen LogP contribution in [0.1, 0.15) is 11.1 Å². The summed E-state index contributed by atoms with van der Waals surface area (Å²) in [6, 6.07) is 12.2. The highest BCUT2D eigenvalue weighted by molar-refractivity contribution is 5.76. The van der Waals surface area contributed by atoms with Crippen LogP contribution in [0.25, 0.3) is 0 Å². The second-order valence-electron chi connectivity index (χ2n) is 7.51. The molecular formula is C23H32N3O4+. The molecule has 2 N–H and O–H groups in total. The molecule has 1 fully saturated rings. The monoisotopic (exact) mass is 414 g/mol. The van der Waals surface area contributed by atoms with Gasteiger partial charge in [-0.3, -0.25) is 4.79 Å². The van der Waals surface area contributed by atoms with Crippen molar-refractivity contribution in [1.29, 1.82) is 0 Å². The van der Waals surface area contributed by atoms with E-state index < -0.39 is 0 Å². The zero-order valence-corrected chi connectivity index (χ0v) is 18.3. The second kappa shape index (κ2) is 10.2. The number of quaternary nitrogens is 1. The maximum atomic E-state index is 12.5. The van der Waals surface area contributed by atoms with Gasteiger partial charge in [0.05, 0.1) is 47.5 Å². The standard InChI is InChI=1S/C23H31N3O4/c1-17-7-5-6-8-19(17)26-11-9-25(10-12-26)16-22(27)24-15-18-13-20(28-2)23(30-4)21(14-18)29-3/h5-8,13-14H,9-12,15-16H2,1-4H3,(H,24,27)/p+1. The van der Waals surface area contributed by atoms with E-state index in [0.29, 0.717) is 30.3 Å². The van der Waals surface area contributed by atoms with Crippen molar-refractivity contribution in [2.24, 2.45) is 0 Å². The van der Waals surface area contributed by atoms with Gasteiger partial charge in [-0.25, -0.2) is 0 Å². The molecule has 0 unspecified atom stereocenters. The Bertz CT molecular complexity index is 838. The summed E-state index contributed by atoms with van der Waals surface area (Å²) in [5.41, 5.74) is 3.49. The van der Waals surface area contributed by atoms with Gasteiger partial charge in [0, 0.05) is 12.2 Å². The van der Waals surface area contributed by atoms with E-state index in [9.17, 15) is 4.79 Å². The molecule has 162 valence electrons. The van der Waals surface area contributed by atoms with Gasteiger partial charge in [0.2, 0.25) is 5.75 Å². The maximum absolute atomic E-state index is 12.5. The third kappa shape index (κ3) is 5.16. The molecule has 1 heterocycles. The van der Waals surface area contributed by atoms with Gasteiger partial charge < -0.3 is 29.3 Å². The first-order valence-corrected chi connectivity index (χ1v) is 10.3. The number of anilines is 1. The molecule has 0 spiro atoms. The average molecular weight is 415 g/mol. The molecule has 0 saturated carbocycles. The number of nitrogens with one attached hydrogen (secondary N) is 2. The zero-order valence-electron chi connectivity index (χ0n) is 18.3. The van der Waals surface area contributed by atoms with Gasteiger partial charge in [-0.05, 0) is 36.2 Å².